The van der Waals surface area contributed by atoms with Crippen LogP contribution in [-0.2, 0) is 12.8 Å². The minimum absolute atomic E-state index is 0.301. The third-order valence-corrected chi connectivity index (χ3v) is 4.98. The Morgan fingerprint density at radius 3 is 2.59 bits per heavy atom. The monoisotopic (exact) mass is 311 g/mol. The van der Waals surface area contributed by atoms with E-state index in [0.717, 1.165) is 24.3 Å². The molecule has 2 heteroatoms. The minimum Gasteiger partial charge on any atom is -0.330 e. The van der Waals surface area contributed by atoms with Crippen LogP contribution in [-0.4, -0.2) is 6.54 Å². The van der Waals surface area contributed by atoms with E-state index in [1.54, 1.807) is 0 Å². The summed E-state index contributed by atoms with van der Waals surface area (Å²) >= 11 is 6.30. The lowest BCUT2D eigenvalue weighted by atomic mass is 9.77. The Kier molecular flexibility index (Phi) is 4.66. The first-order valence-electron chi connectivity index (χ1n) is 7.91. The molecule has 1 aliphatic rings. The van der Waals surface area contributed by atoms with E-state index in [1.807, 2.05) is 12.1 Å². The zero-order valence-electron chi connectivity index (χ0n) is 12.8. The SMILES string of the molecule is C=CCC(CN)C1c2ccccc2CCc2ccc(Cl)cc21. The Morgan fingerprint density at radius 2 is 1.86 bits per heavy atom. The van der Waals surface area contributed by atoms with Crippen molar-refractivity contribution in [2.24, 2.45) is 11.7 Å². The highest BCUT2D eigenvalue weighted by atomic mass is 35.5. The molecule has 2 atom stereocenters. The summed E-state index contributed by atoms with van der Waals surface area (Å²) in [7, 11) is 0. The second-order valence-corrected chi connectivity index (χ2v) is 6.48. The van der Waals surface area contributed by atoms with Crippen LogP contribution < -0.4 is 5.73 Å². The highest BCUT2D eigenvalue weighted by molar-refractivity contribution is 6.30. The quantitative estimate of drug-likeness (QED) is 0.812. The molecule has 2 N–H and O–H groups in total. The van der Waals surface area contributed by atoms with Gasteiger partial charge in [0.05, 0.1) is 0 Å². The maximum atomic E-state index is 6.30. The summed E-state index contributed by atoms with van der Waals surface area (Å²) in [4.78, 5) is 0. The summed E-state index contributed by atoms with van der Waals surface area (Å²) < 4.78 is 0. The van der Waals surface area contributed by atoms with Gasteiger partial charge >= 0.3 is 0 Å². The molecule has 0 fully saturated rings. The number of halogens is 1. The fourth-order valence-corrected chi connectivity index (χ4v) is 3.86. The van der Waals surface area contributed by atoms with E-state index >= 15 is 0 Å². The van der Waals surface area contributed by atoms with E-state index in [-0.39, 0.29) is 0 Å². The molecule has 22 heavy (non-hydrogen) atoms. The van der Waals surface area contributed by atoms with E-state index in [9.17, 15) is 0 Å². The lowest BCUT2D eigenvalue weighted by Crippen LogP contribution is -2.23. The normalized spacial score (nSPS) is 18.0. The highest BCUT2D eigenvalue weighted by Crippen LogP contribution is 2.41. The first-order valence-corrected chi connectivity index (χ1v) is 8.29. The smallest absolute Gasteiger partial charge is 0.0409 e. The number of rotatable bonds is 4. The molecule has 3 rings (SSSR count). The maximum absolute atomic E-state index is 6.30. The van der Waals surface area contributed by atoms with E-state index in [4.69, 9.17) is 17.3 Å². The van der Waals surface area contributed by atoms with Crippen LogP contribution in [0.25, 0.3) is 0 Å². The van der Waals surface area contributed by atoms with Crippen molar-refractivity contribution in [2.45, 2.75) is 25.2 Å². The zero-order valence-corrected chi connectivity index (χ0v) is 13.5. The van der Waals surface area contributed by atoms with Gasteiger partial charge in [-0.15, -0.1) is 6.58 Å². The number of allylic oxidation sites excluding steroid dienone is 1. The third-order valence-electron chi connectivity index (χ3n) is 4.74. The lowest BCUT2D eigenvalue weighted by molar-refractivity contribution is 0.482. The van der Waals surface area contributed by atoms with Crippen LogP contribution in [0.4, 0.5) is 0 Å². The molecule has 1 nitrogen and oxygen atoms in total. The van der Waals surface area contributed by atoms with E-state index in [1.165, 1.54) is 22.3 Å². The Hall–Kier alpha value is -1.57. The van der Waals surface area contributed by atoms with Gasteiger partial charge in [0, 0.05) is 10.9 Å². The van der Waals surface area contributed by atoms with Crippen molar-refractivity contribution in [3.8, 4) is 0 Å². The van der Waals surface area contributed by atoms with E-state index in [2.05, 4.69) is 43.0 Å². The van der Waals surface area contributed by atoms with Crippen LogP contribution in [0, 0.1) is 5.92 Å². The molecule has 0 saturated carbocycles. The summed E-state index contributed by atoms with van der Waals surface area (Å²) in [6, 6.07) is 15.1. The Morgan fingerprint density at radius 1 is 1.14 bits per heavy atom. The van der Waals surface area contributed by atoms with Gasteiger partial charge < -0.3 is 5.73 Å². The molecule has 0 bridgehead atoms. The Bertz CT molecular complexity index is 677. The van der Waals surface area contributed by atoms with Crippen molar-refractivity contribution in [3.63, 3.8) is 0 Å². The molecule has 1 aliphatic carbocycles. The number of benzene rings is 2. The molecule has 0 heterocycles. The summed E-state index contributed by atoms with van der Waals surface area (Å²) in [5, 5.41) is 0.803. The fourth-order valence-electron chi connectivity index (χ4n) is 3.68. The van der Waals surface area contributed by atoms with Crippen molar-refractivity contribution in [1.29, 1.82) is 0 Å². The molecule has 114 valence electrons. The number of hydrogen-bond acceptors (Lipinski definition) is 1. The van der Waals surface area contributed by atoms with Crippen LogP contribution in [0.15, 0.2) is 55.1 Å². The maximum Gasteiger partial charge on any atom is 0.0409 e. The summed E-state index contributed by atoms with van der Waals surface area (Å²) in [5.74, 6) is 0.657. The first-order chi connectivity index (χ1) is 10.7. The topological polar surface area (TPSA) is 26.0 Å². The molecule has 2 aromatic rings. The second-order valence-electron chi connectivity index (χ2n) is 6.04. The molecular weight excluding hydrogens is 290 g/mol. The molecule has 0 spiro atoms. The van der Waals surface area contributed by atoms with E-state index < -0.39 is 0 Å². The molecule has 2 aromatic carbocycles. The van der Waals surface area contributed by atoms with Crippen LogP contribution >= 0.6 is 11.6 Å². The predicted molar refractivity (Wildman–Crippen MR) is 94.5 cm³/mol. The Labute approximate surface area is 137 Å². The summed E-state index contributed by atoms with van der Waals surface area (Å²) in [6.45, 7) is 4.56. The van der Waals surface area contributed by atoms with Crippen LogP contribution in [0.2, 0.25) is 5.02 Å². The number of fused-ring (bicyclic) bond motifs is 2. The van der Waals surface area contributed by atoms with Gasteiger partial charge in [0.15, 0.2) is 0 Å². The average Bonchev–Trinajstić information content (AvgIpc) is 2.69. The average molecular weight is 312 g/mol. The van der Waals surface area contributed by atoms with Crippen molar-refractivity contribution in [3.05, 3.63) is 82.4 Å². The van der Waals surface area contributed by atoms with Crippen LogP contribution in [0.5, 0.6) is 0 Å². The number of nitrogens with two attached hydrogens (primary N) is 1. The summed E-state index contributed by atoms with van der Waals surface area (Å²) in [6.07, 6.45) is 5.04. The second kappa shape index (κ2) is 6.68. The van der Waals surface area contributed by atoms with Gasteiger partial charge in [-0.25, -0.2) is 0 Å². The highest BCUT2D eigenvalue weighted by Gasteiger charge is 2.29. The Balaban J connectivity index is 2.19. The molecule has 2 unspecified atom stereocenters. The first kappa shape index (κ1) is 15.3. The van der Waals surface area contributed by atoms with Crippen molar-refractivity contribution < 1.29 is 0 Å². The van der Waals surface area contributed by atoms with Crippen molar-refractivity contribution in [1.82, 2.24) is 0 Å². The van der Waals surface area contributed by atoms with Gasteiger partial charge in [-0.2, -0.15) is 0 Å². The molecule has 0 radical (unpaired) electrons. The van der Waals surface area contributed by atoms with Crippen molar-refractivity contribution >= 4 is 11.6 Å². The fraction of sp³-hybridized carbons (Fsp3) is 0.300. The van der Waals surface area contributed by atoms with Crippen LogP contribution in [0.3, 0.4) is 0 Å². The molecule has 0 aliphatic heterocycles. The standard InChI is InChI=1S/C20H22ClN/c1-2-5-16(13-22)20-18-7-4-3-6-14(18)8-9-15-10-11-17(21)12-19(15)20/h2-4,6-7,10-12,16,20H,1,5,8-9,13,22H2. The predicted octanol–water partition coefficient (Wildman–Crippen LogP) is 4.72. The lowest BCUT2D eigenvalue weighted by Gasteiger charge is -2.28. The largest absolute Gasteiger partial charge is 0.330 e. The van der Waals surface area contributed by atoms with Gasteiger partial charge in [0.1, 0.15) is 0 Å². The van der Waals surface area contributed by atoms with Gasteiger partial charge in [0.25, 0.3) is 0 Å². The zero-order chi connectivity index (χ0) is 15.5. The minimum atomic E-state index is 0.301. The number of hydrogen-bond donors (Lipinski definition) is 1. The van der Waals surface area contributed by atoms with Gasteiger partial charge in [0.2, 0.25) is 0 Å². The molecule has 0 aromatic heterocycles. The van der Waals surface area contributed by atoms with E-state index in [0.29, 0.717) is 18.4 Å². The van der Waals surface area contributed by atoms with Gasteiger partial charge in [-0.3, -0.25) is 0 Å². The van der Waals surface area contributed by atoms with Gasteiger partial charge in [-0.05, 0) is 66.1 Å². The summed E-state index contributed by atoms with van der Waals surface area (Å²) in [5.41, 5.74) is 11.7. The third kappa shape index (κ3) is 2.84. The van der Waals surface area contributed by atoms with Crippen molar-refractivity contribution in [2.75, 3.05) is 6.54 Å². The molecule has 0 saturated heterocycles. The van der Waals surface area contributed by atoms with Gasteiger partial charge in [-0.1, -0.05) is 48.0 Å². The molecular formula is C20H22ClN. The molecule has 0 amide bonds. The number of aryl methyl sites for hydroxylation is 2. The van der Waals surface area contributed by atoms with Crippen LogP contribution in [0.1, 0.15) is 34.6 Å².